The molecule has 1 N–H and O–H groups in total. The van der Waals surface area contributed by atoms with Crippen molar-refractivity contribution in [3.8, 4) is 0 Å². The van der Waals surface area contributed by atoms with Crippen LogP contribution in [0.1, 0.15) is 21.9 Å². The van der Waals surface area contributed by atoms with Crippen molar-refractivity contribution in [2.75, 3.05) is 11.9 Å². The number of halogens is 1. The molecule has 5 heteroatoms. The highest BCUT2D eigenvalue weighted by molar-refractivity contribution is 9.10. The van der Waals surface area contributed by atoms with Crippen LogP contribution in [-0.2, 0) is 6.54 Å². The van der Waals surface area contributed by atoms with Crippen LogP contribution >= 0.6 is 15.9 Å². The van der Waals surface area contributed by atoms with Crippen molar-refractivity contribution in [3.63, 3.8) is 0 Å². The number of carboxylic acids is 1. The molecule has 4 nitrogen and oxygen atoms in total. The zero-order valence-electron chi connectivity index (χ0n) is 10.7. The molecule has 0 atom stereocenters. The predicted molar refractivity (Wildman–Crippen MR) is 76.7 cm³/mol. The van der Waals surface area contributed by atoms with E-state index in [4.69, 9.17) is 4.42 Å². The molecule has 1 aromatic carbocycles. The van der Waals surface area contributed by atoms with Gasteiger partial charge in [0.25, 0.3) is 0 Å². The number of aryl methyl sites for hydroxylation is 1. The van der Waals surface area contributed by atoms with E-state index in [0.717, 1.165) is 11.5 Å². The van der Waals surface area contributed by atoms with Gasteiger partial charge in [-0.25, -0.2) is 4.79 Å². The first-order chi connectivity index (χ1) is 8.99. The second kappa shape index (κ2) is 5.48. The third-order valence-corrected chi connectivity index (χ3v) is 3.47. The van der Waals surface area contributed by atoms with E-state index >= 15 is 0 Å². The largest absolute Gasteiger partial charge is 0.478 e. The van der Waals surface area contributed by atoms with Gasteiger partial charge in [-0.05, 0) is 47.1 Å². The molecular formula is C14H14BrNO3. The first-order valence-corrected chi connectivity index (χ1v) is 6.56. The summed E-state index contributed by atoms with van der Waals surface area (Å²) in [5, 5.41) is 9.29. The fraction of sp³-hybridized carbons (Fsp3) is 0.214. The summed E-state index contributed by atoms with van der Waals surface area (Å²) in [7, 11) is 1.84. The van der Waals surface area contributed by atoms with Crippen LogP contribution in [0.3, 0.4) is 0 Å². The van der Waals surface area contributed by atoms with E-state index < -0.39 is 5.97 Å². The molecule has 0 spiro atoms. The van der Waals surface area contributed by atoms with E-state index in [1.807, 2.05) is 37.1 Å². The topological polar surface area (TPSA) is 53.7 Å². The highest BCUT2D eigenvalue weighted by Gasteiger charge is 2.17. The molecule has 0 saturated carbocycles. The summed E-state index contributed by atoms with van der Waals surface area (Å²) in [6, 6.07) is 9.10. The number of nitrogens with zero attached hydrogens (tertiary/aromatic N) is 1. The van der Waals surface area contributed by atoms with Gasteiger partial charge in [-0.2, -0.15) is 0 Å². The van der Waals surface area contributed by atoms with Gasteiger partial charge in [0.2, 0.25) is 0 Å². The summed E-state index contributed by atoms with van der Waals surface area (Å²) in [5.41, 5.74) is 0.907. The van der Waals surface area contributed by atoms with Gasteiger partial charge in [0.05, 0.1) is 17.8 Å². The number of carbonyl (C=O) groups is 1. The SMILES string of the molecule is Cc1ccc(CN(C)c2cccc(Br)c2C(=O)O)o1. The van der Waals surface area contributed by atoms with Crippen LogP contribution in [0.4, 0.5) is 5.69 Å². The van der Waals surface area contributed by atoms with Crippen LogP contribution in [0, 0.1) is 6.92 Å². The molecule has 0 amide bonds. The van der Waals surface area contributed by atoms with Crippen molar-refractivity contribution in [1.29, 1.82) is 0 Å². The van der Waals surface area contributed by atoms with Gasteiger partial charge in [-0.1, -0.05) is 6.07 Å². The molecule has 2 aromatic rings. The maximum Gasteiger partial charge on any atom is 0.338 e. The van der Waals surface area contributed by atoms with Crippen LogP contribution in [0.2, 0.25) is 0 Å². The molecule has 0 bridgehead atoms. The number of furan rings is 1. The molecule has 0 radical (unpaired) electrons. The number of hydrogen-bond donors (Lipinski definition) is 1. The summed E-state index contributed by atoms with van der Waals surface area (Å²) in [6.07, 6.45) is 0. The molecule has 1 heterocycles. The van der Waals surface area contributed by atoms with Crippen LogP contribution in [-0.4, -0.2) is 18.1 Å². The van der Waals surface area contributed by atoms with Crippen molar-refractivity contribution < 1.29 is 14.3 Å². The fourth-order valence-electron chi connectivity index (χ4n) is 1.93. The Balaban J connectivity index is 2.31. The average Bonchev–Trinajstić information content (AvgIpc) is 2.73. The van der Waals surface area contributed by atoms with Crippen LogP contribution in [0.25, 0.3) is 0 Å². The fourth-order valence-corrected chi connectivity index (χ4v) is 2.46. The zero-order valence-corrected chi connectivity index (χ0v) is 12.3. The average molecular weight is 324 g/mol. The summed E-state index contributed by atoms with van der Waals surface area (Å²) in [4.78, 5) is 13.2. The molecule has 0 aliphatic carbocycles. The Kier molecular flexibility index (Phi) is 3.95. The molecule has 2 rings (SSSR count). The van der Waals surface area contributed by atoms with E-state index in [1.165, 1.54) is 0 Å². The molecule has 0 fully saturated rings. The number of anilines is 1. The zero-order chi connectivity index (χ0) is 14.0. The van der Waals surface area contributed by atoms with Gasteiger partial charge < -0.3 is 14.4 Å². The number of aromatic carboxylic acids is 1. The maximum atomic E-state index is 11.3. The lowest BCUT2D eigenvalue weighted by molar-refractivity contribution is 0.0696. The summed E-state index contributed by atoms with van der Waals surface area (Å²) in [6.45, 7) is 2.40. The Bertz CT molecular complexity index is 606. The second-order valence-corrected chi connectivity index (χ2v) is 5.16. The molecule has 0 aliphatic rings. The van der Waals surface area contributed by atoms with Crippen LogP contribution in [0.5, 0.6) is 0 Å². The van der Waals surface area contributed by atoms with Crippen LogP contribution < -0.4 is 4.90 Å². The lowest BCUT2D eigenvalue weighted by Crippen LogP contribution is -2.19. The Morgan fingerprint density at radius 1 is 1.37 bits per heavy atom. The smallest absolute Gasteiger partial charge is 0.338 e. The number of hydrogen-bond acceptors (Lipinski definition) is 3. The number of benzene rings is 1. The Morgan fingerprint density at radius 2 is 2.11 bits per heavy atom. The highest BCUT2D eigenvalue weighted by atomic mass is 79.9. The third kappa shape index (κ3) is 2.98. The first-order valence-electron chi connectivity index (χ1n) is 5.77. The third-order valence-electron chi connectivity index (χ3n) is 2.81. The molecule has 0 saturated heterocycles. The Hall–Kier alpha value is -1.75. The summed E-state index contributed by atoms with van der Waals surface area (Å²) >= 11 is 3.27. The second-order valence-electron chi connectivity index (χ2n) is 4.31. The Morgan fingerprint density at radius 3 is 2.68 bits per heavy atom. The minimum Gasteiger partial charge on any atom is -0.478 e. The summed E-state index contributed by atoms with van der Waals surface area (Å²) in [5.74, 6) is 0.692. The van der Waals surface area contributed by atoms with E-state index in [0.29, 0.717) is 16.7 Å². The van der Waals surface area contributed by atoms with Gasteiger partial charge in [-0.3, -0.25) is 0 Å². The molecular weight excluding hydrogens is 310 g/mol. The summed E-state index contributed by atoms with van der Waals surface area (Å²) < 4.78 is 6.07. The normalized spacial score (nSPS) is 10.5. The van der Waals surface area contributed by atoms with E-state index in [9.17, 15) is 9.90 Å². The minimum atomic E-state index is -0.954. The lowest BCUT2D eigenvalue weighted by atomic mass is 10.1. The minimum absolute atomic E-state index is 0.258. The first kappa shape index (κ1) is 13.7. The number of rotatable bonds is 4. The van der Waals surface area contributed by atoms with Gasteiger partial charge >= 0.3 is 5.97 Å². The molecule has 19 heavy (non-hydrogen) atoms. The predicted octanol–water partition coefficient (Wildman–Crippen LogP) is 3.69. The molecule has 0 unspecified atom stereocenters. The van der Waals surface area contributed by atoms with E-state index in [1.54, 1.807) is 12.1 Å². The maximum absolute atomic E-state index is 11.3. The number of carboxylic acid groups (broad SMARTS) is 1. The quantitative estimate of drug-likeness (QED) is 0.932. The van der Waals surface area contributed by atoms with Gasteiger partial charge in [0, 0.05) is 11.5 Å². The van der Waals surface area contributed by atoms with Gasteiger partial charge in [0.1, 0.15) is 11.5 Å². The van der Waals surface area contributed by atoms with Crippen molar-refractivity contribution in [2.24, 2.45) is 0 Å². The van der Waals surface area contributed by atoms with Crippen molar-refractivity contribution in [2.45, 2.75) is 13.5 Å². The van der Waals surface area contributed by atoms with Crippen molar-refractivity contribution >= 4 is 27.6 Å². The standard InChI is InChI=1S/C14H14BrNO3/c1-9-6-7-10(19-9)8-16(2)12-5-3-4-11(15)13(12)14(17)18/h3-7H,8H2,1-2H3,(H,17,18). The van der Waals surface area contributed by atoms with E-state index in [-0.39, 0.29) is 5.56 Å². The van der Waals surface area contributed by atoms with Crippen LogP contribution in [0.15, 0.2) is 39.2 Å². The molecule has 1 aromatic heterocycles. The van der Waals surface area contributed by atoms with E-state index in [2.05, 4.69) is 15.9 Å². The van der Waals surface area contributed by atoms with Crippen molar-refractivity contribution in [1.82, 2.24) is 0 Å². The lowest BCUT2D eigenvalue weighted by Gasteiger charge is -2.20. The Labute approximate surface area is 119 Å². The van der Waals surface area contributed by atoms with Gasteiger partial charge in [0.15, 0.2) is 0 Å². The molecule has 100 valence electrons. The monoisotopic (exact) mass is 323 g/mol. The van der Waals surface area contributed by atoms with Crippen molar-refractivity contribution in [3.05, 3.63) is 51.9 Å². The molecule has 0 aliphatic heterocycles. The van der Waals surface area contributed by atoms with Gasteiger partial charge in [-0.15, -0.1) is 0 Å². The highest BCUT2D eigenvalue weighted by Crippen LogP contribution is 2.28.